The average molecular weight is 251 g/mol. The number of carbonyl (C=O) groups excluding carboxylic acids is 1. The molecular weight excluding hydrogens is 230 g/mol. The van der Waals surface area contributed by atoms with Crippen LogP contribution in [0.4, 0.5) is 11.6 Å². The summed E-state index contributed by atoms with van der Waals surface area (Å²) in [6.07, 6.45) is 0. The first-order chi connectivity index (χ1) is 8.36. The van der Waals surface area contributed by atoms with Crippen LogP contribution in [0.15, 0.2) is 0 Å². The highest BCUT2D eigenvalue weighted by Crippen LogP contribution is 2.17. The SMILES string of the molecule is CCN(C)C(=O)C(C)Nc1nc(C)nc(N)c1C. The maximum Gasteiger partial charge on any atom is 0.244 e. The van der Waals surface area contributed by atoms with Crippen molar-refractivity contribution in [3.63, 3.8) is 0 Å². The Bertz CT molecular complexity index is 446. The molecule has 1 aromatic heterocycles. The monoisotopic (exact) mass is 251 g/mol. The van der Waals surface area contributed by atoms with E-state index in [0.29, 0.717) is 24.0 Å². The van der Waals surface area contributed by atoms with Gasteiger partial charge in [0.05, 0.1) is 0 Å². The number of anilines is 2. The van der Waals surface area contributed by atoms with Gasteiger partial charge in [0.1, 0.15) is 23.5 Å². The van der Waals surface area contributed by atoms with Gasteiger partial charge >= 0.3 is 0 Å². The first-order valence-corrected chi connectivity index (χ1v) is 5.99. The number of hydrogen-bond acceptors (Lipinski definition) is 5. The summed E-state index contributed by atoms with van der Waals surface area (Å²) in [7, 11) is 1.77. The highest BCUT2D eigenvalue weighted by Gasteiger charge is 2.18. The molecule has 3 N–H and O–H groups in total. The lowest BCUT2D eigenvalue weighted by atomic mass is 10.2. The van der Waals surface area contributed by atoms with Gasteiger partial charge in [0.15, 0.2) is 0 Å². The van der Waals surface area contributed by atoms with Crippen molar-refractivity contribution < 1.29 is 4.79 Å². The lowest BCUT2D eigenvalue weighted by Crippen LogP contribution is -2.39. The van der Waals surface area contributed by atoms with E-state index in [1.807, 2.05) is 20.8 Å². The van der Waals surface area contributed by atoms with Crippen LogP contribution in [0, 0.1) is 13.8 Å². The summed E-state index contributed by atoms with van der Waals surface area (Å²) in [5, 5.41) is 3.08. The molecule has 0 aliphatic rings. The quantitative estimate of drug-likeness (QED) is 0.832. The number of nitrogens with two attached hydrogens (primary N) is 1. The minimum atomic E-state index is -0.345. The minimum absolute atomic E-state index is 0.0201. The van der Waals surface area contributed by atoms with E-state index in [9.17, 15) is 4.79 Å². The van der Waals surface area contributed by atoms with Crippen LogP contribution in [0.5, 0.6) is 0 Å². The molecule has 1 heterocycles. The van der Waals surface area contributed by atoms with Crippen molar-refractivity contribution in [2.75, 3.05) is 24.6 Å². The Morgan fingerprint density at radius 1 is 1.44 bits per heavy atom. The van der Waals surface area contributed by atoms with E-state index in [-0.39, 0.29) is 11.9 Å². The number of nitrogens with one attached hydrogen (secondary N) is 1. The van der Waals surface area contributed by atoms with Crippen molar-refractivity contribution in [3.05, 3.63) is 11.4 Å². The van der Waals surface area contributed by atoms with Crippen LogP contribution >= 0.6 is 0 Å². The molecule has 0 aliphatic heterocycles. The average Bonchev–Trinajstić information content (AvgIpc) is 2.33. The van der Waals surface area contributed by atoms with Crippen LogP contribution in [-0.4, -0.2) is 40.4 Å². The zero-order valence-corrected chi connectivity index (χ0v) is 11.6. The van der Waals surface area contributed by atoms with Crippen molar-refractivity contribution in [3.8, 4) is 0 Å². The van der Waals surface area contributed by atoms with Crippen molar-refractivity contribution in [1.82, 2.24) is 14.9 Å². The van der Waals surface area contributed by atoms with Gasteiger partial charge in [-0.25, -0.2) is 9.97 Å². The summed E-state index contributed by atoms with van der Waals surface area (Å²) in [6.45, 7) is 8.02. The fraction of sp³-hybridized carbons (Fsp3) is 0.583. The number of aromatic nitrogens is 2. The second-order valence-corrected chi connectivity index (χ2v) is 4.35. The Morgan fingerprint density at radius 3 is 2.61 bits per heavy atom. The number of nitrogen functional groups attached to an aromatic ring is 1. The van der Waals surface area contributed by atoms with Crippen molar-refractivity contribution in [2.45, 2.75) is 33.7 Å². The summed E-state index contributed by atoms with van der Waals surface area (Å²) in [6, 6.07) is -0.345. The van der Waals surface area contributed by atoms with Gasteiger partial charge < -0.3 is 16.0 Å². The van der Waals surface area contributed by atoms with Crippen molar-refractivity contribution >= 4 is 17.5 Å². The van der Waals surface area contributed by atoms with E-state index >= 15 is 0 Å². The number of hydrogen-bond donors (Lipinski definition) is 2. The molecule has 100 valence electrons. The Morgan fingerprint density at radius 2 is 2.06 bits per heavy atom. The molecule has 0 bridgehead atoms. The molecule has 0 aromatic carbocycles. The second kappa shape index (κ2) is 5.66. The first-order valence-electron chi connectivity index (χ1n) is 5.99. The van der Waals surface area contributed by atoms with E-state index < -0.39 is 0 Å². The minimum Gasteiger partial charge on any atom is -0.383 e. The maximum absolute atomic E-state index is 11.9. The number of aryl methyl sites for hydroxylation is 1. The van der Waals surface area contributed by atoms with E-state index in [1.165, 1.54) is 0 Å². The predicted octanol–water partition coefficient (Wildman–Crippen LogP) is 0.954. The highest BCUT2D eigenvalue weighted by atomic mass is 16.2. The second-order valence-electron chi connectivity index (χ2n) is 4.35. The van der Waals surface area contributed by atoms with Crippen LogP contribution < -0.4 is 11.1 Å². The van der Waals surface area contributed by atoms with Gasteiger partial charge in [0, 0.05) is 19.2 Å². The number of nitrogens with zero attached hydrogens (tertiary/aromatic N) is 3. The van der Waals surface area contributed by atoms with Crippen LogP contribution in [-0.2, 0) is 4.79 Å². The molecule has 6 heteroatoms. The zero-order chi connectivity index (χ0) is 13.9. The molecule has 6 nitrogen and oxygen atoms in total. The molecule has 0 aliphatic carbocycles. The third-order valence-electron chi connectivity index (χ3n) is 2.87. The zero-order valence-electron chi connectivity index (χ0n) is 11.6. The van der Waals surface area contributed by atoms with E-state index in [1.54, 1.807) is 18.9 Å². The Hall–Kier alpha value is -1.85. The summed E-state index contributed by atoms with van der Waals surface area (Å²) in [5.74, 6) is 1.66. The normalized spacial score (nSPS) is 12.1. The predicted molar refractivity (Wildman–Crippen MR) is 72.3 cm³/mol. The number of likely N-dealkylation sites (N-methyl/N-ethyl adjacent to an activating group) is 1. The maximum atomic E-state index is 11.9. The summed E-state index contributed by atoms with van der Waals surface area (Å²) >= 11 is 0. The Balaban J connectivity index is 2.88. The fourth-order valence-corrected chi connectivity index (χ4v) is 1.54. The number of carbonyl (C=O) groups is 1. The number of amides is 1. The van der Waals surface area contributed by atoms with E-state index in [0.717, 1.165) is 5.56 Å². The lowest BCUT2D eigenvalue weighted by molar-refractivity contribution is -0.130. The van der Waals surface area contributed by atoms with E-state index in [2.05, 4.69) is 15.3 Å². The van der Waals surface area contributed by atoms with Crippen molar-refractivity contribution in [2.24, 2.45) is 0 Å². The van der Waals surface area contributed by atoms with Crippen LogP contribution in [0.25, 0.3) is 0 Å². The van der Waals surface area contributed by atoms with Gasteiger partial charge in [-0.2, -0.15) is 0 Å². The van der Waals surface area contributed by atoms with Gasteiger partial charge in [-0.15, -0.1) is 0 Å². The van der Waals surface area contributed by atoms with Crippen molar-refractivity contribution in [1.29, 1.82) is 0 Å². The van der Waals surface area contributed by atoms with Crippen LogP contribution in [0.2, 0.25) is 0 Å². The molecule has 1 rings (SSSR count). The standard InChI is InChI=1S/C12H21N5O/c1-6-17(5)12(18)8(3)14-11-7(2)10(13)15-9(4)16-11/h8H,6H2,1-5H3,(H3,13,14,15,16). The van der Waals surface area contributed by atoms with Gasteiger partial charge in [0.2, 0.25) is 5.91 Å². The van der Waals surface area contributed by atoms with Crippen LogP contribution in [0.3, 0.4) is 0 Å². The first kappa shape index (κ1) is 14.2. The summed E-state index contributed by atoms with van der Waals surface area (Å²) < 4.78 is 0. The van der Waals surface area contributed by atoms with Gasteiger partial charge in [-0.05, 0) is 27.7 Å². The molecule has 1 unspecified atom stereocenters. The smallest absolute Gasteiger partial charge is 0.244 e. The summed E-state index contributed by atoms with van der Waals surface area (Å²) in [5.41, 5.74) is 6.54. The lowest BCUT2D eigenvalue weighted by Gasteiger charge is -2.21. The largest absolute Gasteiger partial charge is 0.383 e. The fourth-order valence-electron chi connectivity index (χ4n) is 1.54. The summed E-state index contributed by atoms with van der Waals surface area (Å²) in [4.78, 5) is 21.9. The Kier molecular flexibility index (Phi) is 4.47. The highest BCUT2D eigenvalue weighted by molar-refractivity contribution is 5.84. The van der Waals surface area contributed by atoms with Gasteiger partial charge in [0.25, 0.3) is 0 Å². The molecule has 0 spiro atoms. The molecule has 1 aromatic rings. The molecule has 0 saturated carbocycles. The molecule has 0 radical (unpaired) electrons. The number of rotatable bonds is 4. The third-order valence-corrected chi connectivity index (χ3v) is 2.87. The molecule has 0 fully saturated rings. The van der Waals surface area contributed by atoms with Gasteiger partial charge in [-0.3, -0.25) is 4.79 Å². The van der Waals surface area contributed by atoms with Gasteiger partial charge in [-0.1, -0.05) is 0 Å². The molecular formula is C12H21N5O. The third kappa shape index (κ3) is 3.09. The molecule has 1 amide bonds. The molecule has 0 saturated heterocycles. The molecule has 1 atom stereocenters. The van der Waals surface area contributed by atoms with Crippen LogP contribution in [0.1, 0.15) is 25.2 Å². The molecule has 18 heavy (non-hydrogen) atoms. The Labute approximate surface area is 108 Å². The van der Waals surface area contributed by atoms with E-state index in [4.69, 9.17) is 5.73 Å². The topological polar surface area (TPSA) is 84.1 Å².